The Hall–Kier alpha value is -1.56. The van der Waals surface area contributed by atoms with Crippen molar-refractivity contribution in [3.63, 3.8) is 0 Å². The highest BCUT2D eigenvalue weighted by Gasteiger charge is 2.46. The number of rotatable bonds is 4. The lowest BCUT2D eigenvalue weighted by Gasteiger charge is -2.31. The molecule has 1 aliphatic heterocycles. The Bertz CT molecular complexity index is 573. The molecule has 0 aliphatic carbocycles. The monoisotopic (exact) mass is 355 g/mol. The second-order valence-electron chi connectivity index (χ2n) is 5.38. The predicted molar refractivity (Wildman–Crippen MR) is 81.2 cm³/mol. The zero-order chi connectivity index (χ0) is 15.7. The molecule has 0 saturated carbocycles. The molecule has 1 aliphatic rings. The second-order valence-corrected chi connectivity index (χ2v) is 6.23. The van der Waals surface area contributed by atoms with Crippen LogP contribution in [-0.2, 0) is 9.59 Å². The van der Waals surface area contributed by atoms with E-state index in [1.54, 1.807) is 24.1 Å². The number of carbonyl (C=O) groups is 2. The number of hydrogen-bond acceptors (Lipinski definition) is 3. The third kappa shape index (κ3) is 2.90. The fraction of sp³-hybridized carbons (Fsp3) is 0.467. The molecule has 5 nitrogen and oxygen atoms in total. The van der Waals surface area contributed by atoms with Crippen molar-refractivity contribution in [2.24, 2.45) is 5.92 Å². The minimum atomic E-state index is -0.953. The summed E-state index contributed by atoms with van der Waals surface area (Å²) in [7, 11) is 1.56. The maximum atomic E-state index is 12.2. The van der Waals surface area contributed by atoms with E-state index in [0.29, 0.717) is 5.75 Å². The molecule has 1 aromatic carbocycles. The lowest BCUT2D eigenvalue weighted by molar-refractivity contribution is -0.142. The van der Waals surface area contributed by atoms with Crippen LogP contribution in [0.5, 0.6) is 5.75 Å². The van der Waals surface area contributed by atoms with E-state index in [1.165, 1.54) is 0 Å². The van der Waals surface area contributed by atoms with Crippen molar-refractivity contribution in [1.29, 1.82) is 0 Å². The van der Waals surface area contributed by atoms with Crippen molar-refractivity contribution < 1.29 is 19.4 Å². The fourth-order valence-corrected chi connectivity index (χ4v) is 3.31. The van der Waals surface area contributed by atoms with Gasteiger partial charge in [0.1, 0.15) is 5.75 Å². The van der Waals surface area contributed by atoms with Gasteiger partial charge in [0.2, 0.25) is 5.91 Å². The van der Waals surface area contributed by atoms with Gasteiger partial charge in [0.25, 0.3) is 0 Å². The van der Waals surface area contributed by atoms with Crippen LogP contribution in [0.25, 0.3) is 0 Å². The van der Waals surface area contributed by atoms with Gasteiger partial charge in [0.05, 0.1) is 19.1 Å². The second kappa shape index (κ2) is 6.05. The number of methoxy groups -OCH3 is 1. The van der Waals surface area contributed by atoms with Gasteiger partial charge >= 0.3 is 5.97 Å². The molecule has 6 heteroatoms. The highest BCUT2D eigenvalue weighted by atomic mass is 79.9. The van der Waals surface area contributed by atoms with Crippen molar-refractivity contribution in [2.75, 3.05) is 7.11 Å². The minimum absolute atomic E-state index is 0.0296. The van der Waals surface area contributed by atoms with Gasteiger partial charge in [0.15, 0.2) is 0 Å². The normalized spacial score (nSPS) is 22.0. The quantitative estimate of drug-likeness (QED) is 0.901. The van der Waals surface area contributed by atoms with E-state index in [2.05, 4.69) is 15.9 Å². The van der Waals surface area contributed by atoms with Crippen LogP contribution in [0, 0.1) is 5.92 Å². The number of carbonyl (C=O) groups excluding carboxylic acids is 1. The molecular formula is C15H18BrNO4. The Morgan fingerprint density at radius 1 is 1.48 bits per heavy atom. The summed E-state index contributed by atoms with van der Waals surface area (Å²) in [6.07, 6.45) is 0.0296. The van der Waals surface area contributed by atoms with Gasteiger partial charge < -0.3 is 14.7 Å². The van der Waals surface area contributed by atoms with Gasteiger partial charge in [-0.3, -0.25) is 9.59 Å². The molecule has 2 atom stereocenters. The molecule has 0 radical (unpaired) electrons. The molecule has 1 heterocycles. The number of aliphatic carboxylic acids is 1. The van der Waals surface area contributed by atoms with Crippen LogP contribution in [0.4, 0.5) is 0 Å². The highest BCUT2D eigenvalue weighted by molar-refractivity contribution is 9.10. The zero-order valence-electron chi connectivity index (χ0n) is 12.2. The Labute approximate surface area is 132 Å². The first-order chi connectivity index (χ1) is 9.86. The van der Waals surface area contributed by atoms with Crippen molar-refractivity contribution in [2.45, 2.75) is 32.4 Å². The predicted octanol–water partition coefficient (Wildman–Crippen LogP) is 2.84. The molecule has 21 heavy (non-hydrogen) atoms. The van der Waals surface area contributed by atoms with E-state index in [9.17, 15) is 14.7 Å². The van der Waals surface area contributed by atoms with E-state index < -0.39 is 17.9 Å². The van der Waals surface area contributed by atoms with Crippen LogP contribution in [-0.4, -0.2) is 35.0 Å². The Morgan fingerprint density at radius 3 is 2.67 bits per heavy atom. The summed E-state index contributed by atoms with van der Waals surface area (Å²) in [4.78, 5) is 25.4. The average Bonchev–Trinajstić information content (AvgIpc) is 2.77. The number of carboxylic acids is 1. The van der Waals surface area contributed by atoms with Gasteiger partial charge in [-0.15, -0.1) is 0 Å². The van der Waals surface area contributed by atoms with Crippen LogP contribution >= 0.6 is 15.9 Å². The van der Waals surface area contributed by atoms with Gasteiger partial charge in [-0.05, 0) is 37.6 Å². The molecule has 1 saturated heterocycles. The van der Waals surface area contributed by atoms with Gasteiger partial charge in [-0.1, -0.05) is 15.9 Å². The molecular weight excluding hydrogens is 338 g/mol. The zero-order valence-corrected chi connectivity index (χ0v) is 13.8. The third-order valence-electron chi connectivity index (χ3n) is 3.76. The van der Waals surface area contributed by atoms with E-state index in [0.717, 1.165) is 10.0 Å². The van der Waals surface area contributed by atoms with Crippen molar-refractivity contribution >= 4 is 27.8 Å². The number of benzene rings is 1. The largest absolute Gasteiger partial charge is 0.497 e. The summed E-state index contributed by atoms with van der Waals surface area (Å²) in [5.74, 6) is -1.19. The standard InChI is InChI=1S/C15H18BrNO4/c1-8(2)17-13(18)7-11(15(19)20)14(17)10-6-9(21-3)4-5-12(10)16/h4-6,8,11,14H,7H2,1-3H3,(H,19,20). The lowest BCUT2D eigenvalue weighted by atomic mass is 9.93. The Balaban J connectivity index is 2.54. The number of hydrogen-bond donors (Lipinski definition) is 1. The van der Waals surface area contributed by atoms with Crippen LogP contribution in [0.3, 0.4) is 0 Å². The number of likely N-dealkylation sites (tertiary alicyclic amines) is 1. The van der Waals surface area contributed by atoms with Crippen molar-refractivity contribution in [3.8, 4) is 5.75 Å². The number of halogens is 1. The maximum absolute atomic E-state index is 12.2. The topological polar surface area (TPSA) is 66.8 Å². The molecule has 0 aromatic heterocycles. The first-order valence-corrected chi connectivity index (χ1v) is 7.53. The van der Waals surface area contributed by atoms with Crippen LogP contribution < -0.4 is 4.74 Å². The van der Waals surface area contributed by atoms with Crippen LogP contribution in [0.2, 0.25) is 0 Å². The molecule has 1 fully saturated rings. The van der Waals surface area contributed by atoms with Crippen molar-refractivity contribution in [1.82, 2.24) is 4.90 Å². The number of ether oxygens (including phenoxy) is 1. The summed E-state index contributed by atoms with van der Waals surface area (Å²) in [5, 5.41) is 9.45. The number of carboxylic acid groups (broad SMARTS) is 1. The van der Waals surface area contributed by atoms with Crippen LogP contribution in [0.1, 0.15) is 31.9 Å². The summed E-state index contributed by atoms with van der Waals surface area (Å²) in [5.41, 5.74) is 0.765. The molecule has 1 amide bonds. The Morgan fingerprint density at radius 2 is 2.14 bits per heavy atom. The minimum Gasteiger partial charge on any atom is -0.497 e. The molecule has 2 unspecified atom stereocenters. The molecule has 0 spiro atoms. The molecule has 1 aromatic rings. The van der Waals surface area contributed by atoms with Gasteiger partial charge in [0, 0.05) is 16.9 Å². The van der Waals surface area contributed by atoms with Crippen LogP contribution in [0.15, 0.2) is 22.7 Å². The summed E-state index contributed by atoms with van der Waals surface area (Å²) >= 11 is 3.46. The lowest BCUT2D eigenvalue weighted by Crippen LogP contribution is -2.36. The number of amides is 1. The smallest absolute Gasteiger partial charge is 0.309 e. The third-order valence-corrected chi connectivity index (χ3v) is 4.48. The summed E-state index contributed by atoms with van der Waals surface area (Å²) in [6, 6.07) is 4.84. The maximum Gasteiger partial charge on any atom is 0.309 e. The molecule has 1 N–H and O–H groups in total. The van der Waals surface area contributed by atoms with E-state index in [1.807, 2.05) is 19.9 Å². The summed E-state index contributed by atoms with van der Waals surface area (Å²) < 4.78 is 5.99. The van der Waals surface area contributed by atoms with Gasteiger partial charge in [-0.2, -0.15) is 0 Å². The first kappa shape index (κ1) is 15.8. The van der Waals surface area contributed by atoms with E-state index in [4.69, 9.17) is 4.74 Å². The van der Waals surface area contributed by atoms with Crippen molar-refractivity contribution in [3.05, 3.63) is 28.2 Å². The SMILES string of the molecule is COc1ccc(Br)c(C2C(C(=O)O)CC(=O)N2C(C)C)c1. The fourth-order valence-electron chi connectivity index (χ4n) is 2.83. The van der Waals surface area contributed by atoms with E-state index in [-0.39, 0.29) is 18.4 Å². The Kier molecular flexibility index (Phi) is 4.56. The highest BCUT2D eigenvalue weighted by Crippen LogP contribution is 2.43. The first-order valence-electron chi connectivity index (χ1n) is 6.74. The van der Waals surface area contributed by atoms with E-state index >= 15 is 0 Å². The average molecular weight is 356 g/mol. The molecule has 114 valence electrons. The van der Waals surface area contributed by atoms with Gasteiger partial charge in [-0.25, -0.2) is 0 Å². The summed E-state index contributed by atoms with van der Waals surface area (Å²) in [6.45, 7) is 3.78. The number of nitrogens with zero attached hydrogens (tertiary/aromatic N) is 1. The molecule has 0 bridgehead atoms. The molecule has 2 rings (SSSR count).